The summed E-state index contributed by atoms with van der Waals surface area (Å²) in [6, 6.07) is 12.5. The van der Waals surface area contributed by atoms with Crippen LogP contribution >= 0.6 is 0 Å². The first kappa shape index (κ1) is 12.8. The minimum Gasteiger partial charge on any atom is -0.324 e. The van der Waals surface area contributed by atoms with Crippen LogP contribution in [0, 0.1) is 5.92 Å². The van der Waals surface area contributed by atoms with Gasteiger partial charge in [-0.15, -0.1) is 0 Å². The highest BCUT2D eigenvalue weighted by molar-refractivity contribution is 5.19. The zero-order chi connectivity index (χ0) is 13.0. The van der Waals surface area contributed by atoms with Crippen LogP contribution in [0.1, 0.15) is 30.6 Å². The largest absolute Gasteiger partial charge is 0.324 e. The van der Waals surface area contributed by atoms with Gasteiger partial charge in [0.15, 0.2) is 0 Å². The van der Waals surface area contributed by atoms with Gasteiger partial charge in [-0.25, -0.2) is 0 Å². The Morgan fingerprint density at radius 3 is 2.56 bits per heavy atom. The van der Waals surface area contributed by atoms with Crippen LogP contribution in [-0.2, 0) is 13.5 Å². The molecule has 2 unspecified atom stereocenters. The van der Waals surface area contributed by atoms with Crippen LogP contribution in [0.15, 0.2) is 42.6 Å². The molecule has 2 rings (SSSR count). The average molecular weight is 243 g/mol. The summed E-state index contributed by atoms with van der Waals surface area (Å²) >= 11 is 0. The normalized spacial score (nSPS) is 14.4. The molecule has 1 heterocycles. The highest BCUT2D eigenvalue weighted by atomic mass is 15.2. The van der Waals surface area contributed by atoms with Crippen molar-refractivity contribution in [3.05, 3.63) is 53.9 Å². The van der Waals surface area contributed by atoms with Gasteiger partial charge in [0.1, 0.15) is 0 Å². The lowest BCUT2D eigenvalue weighted by Gasteiger charge is -2.20. The Bertz CT molecular complexity index is 475. The second kappa shape index (κ2) is 5.83. The van der Waals surface area contributed by atoms with E-state index >= 15 is 0 Å². The van der Waals surface area contributed by atoms with E-state index < -0.39 is 0 Å². The molecule has 2 atom stereocenters. The summed E-state index contributed by atoms with van der Waals surface area (Å²) in [4.78, 5) is 0. The van der Waals surface area contributed by atoms with Gasteiger partial charge in [0.05, 0.1) is 0 Å². The fourth-order valence-corrected chi connectivity index (χ4v) is 2.21. The summed E-state index contributed by atoms with van der Waals surface area (Å²) in [5.74, 6) is 0.460. The molecule has 3 heteroatoms. The van der Waals surface area contributed by atoms with Crippen molar-refractivity contribution >= 4 is 0 Å². The van der Waals surface area contributed by atoms with Gasteiger partial charge in [-0.2, -0.15) is 5.10 Å². The standard InChI is InChI=1S/C15H21N3/c1-12(8-9-14-10-11-17-18(14)2)15(16)13-6-4-3-5-7-13/h3-7,10-12,15H,8-9,16H2,1-2H3. The fourth-order valence-electron chi connectivity index (χ4n) is 2.21. The number of nitrogens with two attached hydrogens (primary N) is 1. The van der Waals surface area contributed by atoms with Gasteiger partial charge in [0.25, 0.3) is 0 Å². The second-order valence-corrected chi connectivity index (χ2v) is 4.90. The van der Waals surface area contributed by atoms with E-state index in [1.165, 1.54) is 11.3 Å². The third-order valence-corrected chi connectivity index (χ3v) is 3.58. The van der Waals surface area contributed by atoms with E-state index in [2.05, 4.69) is 30.2 Å². The average Bonchev–Trinajstić information content (AvgIpc) is 2.81. The Labute approximate surface area is 109 Å². The maximum absolute atomic E-state index is 6.29. The van der Waals surface area contributed by atoms with Gasteiger partial charge >= 0.3 is 0 Å². The third-order valence-electron chi connectivity index (χ3n) is 3.58. The summed E-state index contributed by atoms with van der Waals surface area (Å²) in [6.45, 7) is 2.22. The van der Waals surface area contributed by atoms with E-state index in [1.807, 2.05) is 36.1 Å². The van der Waals surface area contributed by atoms with Crippen LogP contribution in [-0.4, -0.2) is 9.78 Å². The molecule has 0 aliphatic carbocycles. The Balaban J connectivity index is 1.92. The van der Waals surface area contributed by atoms with Gasteiger partial charge in [0.2, 0.25) is 0 Å². The maximum Gasteiger partial charge on any atom is 0.0492 e. The predicted molar refractivity (Wildman–Crippen MR) is 74.1 cm³/mol. The molecule has 0 amide bonds. The molecule has 96 valence electrons. The third kappa shape index (κ3) is 2.99. The number of aromatic nitrogens is 2. The van der Waals surface area contributed by atoms with Crippen molar-refractivity contribution in [1.29, 1.82) is 0 Å². The van der Waals surface area contributed by atoms with E-state index in [0.717, 1.165) is 12.8 Å². The highest BCUT2D eigenvalue weighted by Gasteiger charge is 2.15. The molecule has 0 fully saturated rings. The molecule has 18 heavy (non-hydrogen) atoms. The van der Waals surface area contributed by atoms with Crippen LogP contribution in [0.3, 0.4) is 0 Å². The van der Waals surface area contributed by atoms with Gasteiger partial charge in [-0.3, -0.25) is 4.68 Å². The van der Waals surface area contributed by atoms with E-state index in [9.17, 15) is 0 Å². The predicted octanol–water partition coefficient (Wildman–Crippen LogP) is 2.69. The SMILES string of the molecule is CC(CCc1ccnn1C)C(N)c1ccccc1. The Morgan fingerprint density at radius 1 is 1.22 bits per heavy atom. The number of hydrogen-bond acceptors (Lipinski definition) is 2. The zero-order valence-electron chi connectivity index (χ0n) is 11.1. The van der Waals surface area contributed by atoms with E-state index in [-0.39, 0.29) is 6.04 Å². The lowest BCUT2D eigenvalue weighted by atomic mass is 9.91. The lowest BCUT2D eigenvalue weighted by molar-refractivity contribution is 0.433. The van der Waals surface area contributed by atoms with Gasteiger partial charge in [-0.05, 0) is 30.4 Å². The molecule has 0 bridgehead atoms. The Kier molecular flexibility index (Phi) is 4.15. The van der Waals surface area contributed by atoms with Crippen molar-refractivity contribution in [2.24, 2.45) is 18.7 Å². The molecule has 1 aromatic heterocycles. The molecular weight excluding hydrogens is 222 g/mol. The number of rotatable bonds is 5. The minimum absolute atomic E-state index is 0.111. The minimum atomic E-state index is 0.111. The molecule has 0 aliphatic heterocycles. The molecule has 0 spiro atoms. The van der Waals surface area contributed by atoms with Crippen LogP contribution in [0.5, 0.6) is 0 Å². The highest BCUT2D eigenvalue weighted by Crippen LogP contribution is 2.23. The van der Waals surface area contributed by atoms with Crippen LogP contribution in [0.25, 0.3) is 0 Å². The number of nitrogens with zero attached hydrogens (tertiary/aromatic N) is 2. The van der Waals surface area contributed by atoms with Gasteiger partial charge in [-0.1, -0.05) is 37.3 Å². The van der Waals surface area contributed by atoms with Crippen molar-refractivity contribution in [3.8, 4) is 0 Å². The first-order valence-electron chi connectivity index (χ1n) is 6.46. The smallest absolute Gasteiger partial charge is 0.0492 e. The summed E-state index contributed by atoms with van der Waals surface area (Å²) in [5, 5.41) is 4.18. The molecule has 0 saturated heterocycles. The van der Waals surface area contributed by atoms with Crippen molar-refractivity contribution in [3.63, 3.8) is 0 Å². The molecule has 3 nitrogen and oxygen atoms in total. The molecule has 2 N–H and O–H groups in total. The van der Waals surface area contributed by atoms with Gasteiger partial charge in [0, 0.05) is 25.0 Å². The number of aryl methyl sites for hydroxylation is 2. The topological polar surface area (TPSA) is 43.8 Å². The number of benzene rings is 1. The molecule has 0 radical (unpaired) electrons. The zero-order valence-corrected chi connectivity index (χ0v) is 11.1. The number of hydrogen-bond donors (Lipinski definition) is 1. The maximum atomic E-state index is 6.29. The van der Waals surface area contributed by atoms with E-state index in [4.69, 9.17) is 5.73 Å². The second-order valence-electron chi connectivity index (χ2n) is 4.90. The monoisotopic (exact) mass is 243 g/mol. The van der Waals surface area contributed by atoms with Crippen molar-refractivity contribution < 1.29 is 0 Å². The summed E-state index contributed by atoms with van der Waals surface area (Å²) in [7, 11) is 1.98. The molecular formula is C15H21N3. The molecule has 1 aromatic carbocycles. The molecule has 0 saturated carbocycles. The Hall–Kier alpha value is -1.61. The van der Waals surface area contributed by atoms with Gasteiger partial charge < -0.3 is 5.73 Å². The summed E-state index contributed by atoms with van der Waals surface area (Å²) in [5.41, 5.74) is 8.78. The Morgan fingerprint density at radius 2 is 1.94 bits per heavy atom. The summed E-state index contributed by atoms with van der Waals surface area (Å²) < 4.78 is 1.93. The van der Waals surface area contributed by atoms with E-state index in [0.29, 0.717) is 5.92 Å². The van der Waals surface area contributed by atoms with Crippen molar-refractivity contribution in [2.75, 3.05) is 0 Å². The van der Waals surface area contributed by atoms with Crippen LogP contribution in [0.4, 0.5) is 0 Å². The van der Waals surface area contributed by atoms with Crippen LogP contribution < -0.4 is 5.73 Å². The van der Waals surface area contributed by atoms with Crippen molar-refractivity contribution in [1.82, 2.24) is 9.78 Å². The first-order chi connectivity index (χ1) is 8.68. The summed E-state index contributed by atoms with van der Waals surface area (Å²) in [6.07, 6.45) is 3.95. The fraction of sp³-hybridized carbons (Fsp3) is 0.400. The molecule has 2 aromatic rings. The molecule has 0 aliphatic rings. The van der Waals surface area contributed by atoms with Crippen molar-refractivity contribution in [2.45, 2.75) is 25.8 Å². The first-order valence-corrected chi connectivity index (χ1v) is 6.46. The lowest BCUT2D eigenvalue weighted by Crippen LogP contribution is -2.19. The van der Waals surface area contributed by atoms with Crippen LogP contribution in [0.2, 0.25) is 0 Å². The van der Waals surface area contributed by atoms with E-state index in [1.54, 1.807) is 0 Å². The quantitative estimate of drug-likeness (QED) is 0.877.